The van der Waals surface area contributed by atoms with Crippen molar-refractivity contribution in [3.63, 3.8) is 0 Å². The molecule has 1 saturated carbocycles. The molecule has 1 heterocycles. The van der Waals surface area contributed by atoms with Gasteiger partial charge in [-0.3, -0.25) is 0 Å². The molecule has 102 valence electrons. The predicted octanol–water partition coefficient (Wildman–Crippen LogP) is 3.06. The molecule has 1 aliphatic carbocycles. The van der Waals surface area contributed by atoms with E-state index in [2.05, 4.69) is 22.5 Å². The first-order chi connectivity index (χ1) is 9.17. The van der Waals surface area contributed by atoms with Crippen molar-refractivity contribution in [2.75, 3.05) is 12.8 Å². The van der Waals surface area contributed by atoms with Gasteiger partial charge in [0.25, 0.3) is 0 Å². The van der Waals surface area contributed by atoms with E-state index in [-0.39, 0.29) is 0 Å². The molecule has 2 N–H and O–H groups in total. The third-order valence-corrected chi connectivity index (χ3v) is 4.23. The Morgan fingerprint density at radius 3 is 2.95 bits per heavy atom. The van der Waals surface area contributed by atoms with Gasteiger partial charge in [-0.15, -0.1) is 0 Å². The Labute approximate surface area is 113 Å². The molecule has 2 aromatic rings. The molecule has 4 nitrogen and oxygen atoms in total. The van der Waals surface area contributed by atoms with Crippen molar-refractivity contribution in [3.05, 3.63) is 18.2 Å². The van der Waals surface area contributed by atoms with Gasteiger partial charge in [0.15, 0.2) is 0 Å². The second-order valence-electron chi connectivity index (χ2n) is 5.72. The number of rotatable bonds is 3. The highest BCUT2D eigenvalue weighted by Gasteiger charge is 2.23. The fraction of sp³-hybridized carbons (Fsp3) is 0.533. The monoisotopic (exact) mass is 259 g/mol. The molecule has 2 atom stereocenters. The summed E-state index contributed by atoms with van der Waals surface area (Å²) < 4.78 is 7.38. The summed E-state index contributed by atoms with van der Waals surface area (Å²) in [4.78, 5) is 4.44. The minimum absolute atomic E-state index is 0.614. The molecule has 1 aromatic heterocycles. The van der Waals surface area contributed by atoms with E-state index >= 15 is 0 Å². The van der Waals surface area contributed by atoms with E-state index in [1.54, 1.807) is 7.11 Å². The fourth-order valence-corrected chi connectivity index (χ4v) is 3.20. The number of methoxy groups -OCH3 is 1. The molecule has 1 aliphatic rings. The predicted molar refractivity (Wildman–Crippen MR) is 77.2 cm³/mol. The maximum Gasteiger partial charge on any atom is 0.201 e. The maximum atomic E-state index is 6.07. The minimum atomic E-state index is 0.614. The van der Waals surface area contributed by atoms with Gasteiger partial charge >= 0.3 is 0 Å². The van der Waals surface area contributed by atoms with Gasteiger partial charge in [0.1, 0.15) is 5.75 Å². The summed E-state index contributed by atoms with van der Waals surface area (Å²) >= 11 is 0. The smallest absolute Gasteiger partial charge is 0.201 e. The van der Waals surface area contributed by atoms with E-state index in [4.69, 9.17) is 10.5 Å². The van der Waals surface area contributed by atoms with E-state index in [1.165, 1.54) is 19.3 Å². The van der Waals surface area contributed by atoms with E-state index in [0.29, 0.717) is 5.95 Å². The minimum Gasteiger partial charge on any atom is -0.497 e. The van der Waals surface area contributed by atoms with Crippen LogP contribution in [0.3, 0.4) is 0 Å². The van der Waals surface area contributed by atoms with Gasteiger partial charge in [-0.2, -0.15) is 0 Å². The van der Waals surface area contributed by atoms with Crippen molar-refractivity contribution < 1.29 is 4.74 Å². The fourth-order valence-electron chi connectivity index (χ4n) is 3.20. The average molecular weight is 259 g/mol. The first kappa shape index (κ1) is 12.3. The average Bonchev–Trinajstić information content (AvgIpc) is 2.94. The van der Waals surface area contributed by atoms with Crippen molar-refractivity contribution >= 4 is 17.0 Å². The molecule has 1 aromatic carbocycles. The molecule has 1 fully saturated rings. The highest BCUT2D eigenvalue weighted by atomic mass is 16.5. The number of hydrogen-bond acceptors (Lipinski definition) is 3. The Hall–Kier alpha value is -1.71. The van der Waals surface area contributed by atoms with Crippen molar-refractivity contribution in [2.24, 2.45) is 11.8 Å². The quantitative estimate of drug-likeness (QED) is 0.921. The van der Waals surface area contributed by atoms with Gasteiger partial charge in [0, 0.05) is 12.6 Å². The molecule has 2 unspecified atom stereocenters. The van der Waals surface area contributed by atoms with Crippen molar-refractivity contribution in [3.8, 4) is 5.75 Å². The molecule has 0 radical (unpaired) electrons. The first-order valence-electron chi connectivity index (χ1n) is 6.97. The standard InChI is InChI=1S/C15H21N3O/c1-10-3-4-11(7-10)9-18-14-6-5-12(19-2)8-13(14)17-15(18)16/h5-6,8,10-11H,3-4,7,9H2,1-2H3,(H2,16,17). The Morgan fingerprint density at radius 1 is 1.42 bits per heavy atom. The molecular formula is C15H21N3O. The third-order valence-electron chi connectivity index (χ3n) is 4.23. The van der Waals surface area contributed by atoms with Crippen LogP contribution in [0.1, 0.15) is 26.2 Å². The number of nitrogens with two attached hydrogens (primary N) is 1. The molecular weight excluding hydrogens is 238 g/mol. The van der Waals surface area contributed by atoms with E-state index in [1.807, 2.05) is 12.1 Å². The molecule has 0 amide bonds. The lowest BCUT2D eigenvalue weighted by molar-refractivity contribution is 0.415. The number of hydrogen-bond donors (Lipinski definition) is 1. The molecule has 0 spiro atoms. The lowest BCUT2D eigenvalue weighted by Gasteiger charge is -2.12. The van der Waals surface area contributed by atoms with E-state index in [9.17, 15) is 0 Å². The van der Waals surface area contributed by atoms with Gasteiger partial charge in [0.05, 0.1) is 18.1 Å². The van der Waals surface area contributed by atoms with Crippen LogP contribution in [-0.4, -0.2) is 16.7 Å². The van der Waals surface area contributed by atoms with Crippen LogP contribution in [-0.2, 0) is 6.54 Å². The highest BCUT2D eigenvalue weighted by molar-refractivity contribution is 5.79. The normalized spacial score (nSPS) is 23.1. The largest absolute Gasteiger partial charge is 0.497 e. The molecule has 3 rings (SSSR count). The number of fused-ring (bicyclic) bond motifs is 1. The zero-order valence-electron chi connectivity index (χ0n) is 11.6. The molecule has 0 bridgehead atoms. The lowest BCUT2D eigenvalue weighted by Crippen LogP contribution is -2.10. The van der Waals surface area contributed by atoms with Gasteiger partial charge in [-0.1, -0.05) is 13.3 Å². The molecule has 19 heavy (non-hydrogen) atoms. The second kappa shape index (κ2) is 4.76. The summed E-state index contributed by atoms with van der Waals surface area (Å²) in [5.74, 6) is 3.02. The number of ether oxygens (including phenoxy) is 1. The maximum absolute atomic E-state index is 6.07. The zero-order valence-corrected chi connectivity index (χ0v) is 11.6. The van der Waals surface area contributed by atoms with Crippen LogP contribution >= 0.6 is 0 Å². The second-order valence-corrected chi connectivity index (χ2v) is 5.72. The van der Waals surface area contributed by atoms with Crippen LogP contribution in [0.25, 0.3) is 11.0 Å². The van der Waals surface area contributed by atoms with E-state index in [0.717, 1.165) is 35.2 Å². The van der Waals surface area contributed by atoms with Gasteiger partial charge < -0.3 is 15.0 Å². The van der Waals surface area contributed by atoms with Crippen LogP contribution in [0, 0.1) is 11.8 Å². The Kier molecular flexibility index (Phi) is 3.09. The number of nitrogen functional groups attached to an aromatic ring is 1. The number of imidazole rings is 1. The summed E-state index contributed by atoms with van der Waals surface area (Å²) in [5.41, 5.74) is 8.10. The van der Waals surface area contributed by atoms with Gasteiger partial charge in [-0.05, 0) is 36.8 Å². The summed E-state index contributed by atoms with van der Waals surface area (Å²) in [6.07, 6.45) is 3.94. The van der Waals surface area contributed by atoms with Gasteiger partial charge in [-0.25, -0.2) is 4.98 Å². The third kappa shape index (κ3) is 2.27. The van der Waals surface area contributed by atoms with Crippen LogP contribution in [0.2, 0.25) is 0 Å². The van der Waals surface area contributed by atoms with Crippen LogP contribution in [0.5, 0.6) is 5.75 Å². The van der Waals surface area contributed by atoms with Gasteiger partial charge in [0.2, 0.25) is 5.95 Å². The first-order valence-corrected chi connectivity index (χ1v) is 6.97. The van der Waals surface area contributed by atoms with Crippen LogP contribution in [0.15, 0.2) is 18.2 Å². The lowest BCUT2D eigenvalue weighted by atomic mass is 10.1. The Balaban J connectivity index is 1.92. The van der Waals surface area contributed by atoms with Crippen LogP contribution < -0.4 is 10.5 Å². The van der Waals surface area contributed by atoms with Crippen LogP contribution in [0.4, 0.5) is 5.95 Å². The summed E-state index contributed by atoms with van der Waals surface area (Å²) in [5, 5.41) is 0. The van der Waals surface area contributed by atoms with E-state index < -0.39 is 0 Å². The van der Waals surface area contributed by atoms with Crippen molar-refractivity contribution in [2.45, 2.75) is 32.7 Å². The number of anilines is 1. The molecule has 0 aliphatic heterocycles. The molecule has 4 heteroatoms. The Morgan fingerprint density at radius 2 is 2.26 bits per heavy atom. The SMILES string of the molecule is COc1ccc2c(c1)nc(N)n2CC1CCC(C)C1. The van der Waals surface area contributed by atoms with Crippen molar-refractivity contribution in [1.29, 1.82) is 0 Å². The number of nitrogens with zero attached hydrogens (tertiary/aromatic N) is 2. The Bertz CT molecular complexity index is 590. The topological polar surface area (TPSA) is 53.1 Å². The zero-order chi connectivity index (χ0) is 13.4. The summed E-state index contributed by atoms with van der Waals surface area (Å²) in [6, 6.07) is 5.96. The molecule has 0 saturated heterocycles. The van der Waals surface area contributed by atoms with Crippen molar-refractivity contribution in [1.82, 2.24) is 9.55 Å². The summed E-state index contributed by atoms with van der Waals surface area (Å²) in [6.45, 7) is 3.32. The number of benzene rings is 1. The summed E-state index contributed by atoms with van der Waals surface area (Å²) in [7, 11) is 1.67. The highest BCUT2D eigenvalue weighted by Crippen LogP contribution is 2.33. The number of aromatic nitrogens is 2.